The Labute approximate surface area is 174 Å². The number of methoxy groups -OCH3 is 1. The van der Waals surface area contributed by atoms with Crippen LogP contribution in [0.25, 0.3) is 10.2 Å². The van der Waals surface area contributed by atoms with Crippen LogP contribution in [0.15, 0.2) is 47.4 Å². The van der Waals surface area contributed by atoms with Gasteiger partial charge in [-0.05, 0) is 48.7 Å². The van der Waals surface area contributed by atoms with Crippen LogP contribution in [0.1, 0.15) is 16.8 Å². The highest BCUT2D eigenvalue weighted by molar-refractivity contribution is 7.98. The predicted molar refractivity (Wildman–Crippen MR) is 118 cm³/mol. The molecule has 1 heterocycles. The monoisotopic (exact) mass is 416 g/mol. The van der Waals surface area contributed by atoms with Crippen molar-refractivity contribution in [1.82, 2.24) is 4.98 Å². The summed E-state index contributed by atoms with van der Waals surface area (Å²) in [6, 6.07) is 13.6. The Kier molecular flexibility index (Phi) is 6.93. The van der Waals surface area contributed by atoms with Gasteiger partial charge in [0.15, 0.2) is 5.13 Å². The minimum atomic E-state index is -0.00701. The number of rotatable bonds is 8. The third kappa shape index (κ3) is 4.84. The van der Waals surface area contributed by atoms with Gasteiger partial charge in [0.1, 0.15) is 5.75 Å². The van der Waals surface area contributed by atoms with Gasteiger partial charge in [-0.3, -0.25) is 9.69 Å². The Morgan fingerprint density at radius 2 is 1.96 bits per heavy atom. The van der Waals surface area contributed by atoms with Crippen molar-refractivity contribution >= 4 is 44.4 Å². The van der Waals surface area contributed by atoms with Gasteiger partial charge in [-0.1, -0.05) is 11.3 Å². The molecule has 148 valence electrons. The second kappa shape index (κ2) is 9.41. The smallest absolute Gasteiger partial charge is 0.260 e. The van der Waals surface area contributed by atoms with Crippen LogP contribution in [0, 0.1) is 0 Å². The molecular weight excluding hydrogens is 390 g/mol. The predicted octanol–water partition coefficient (Wildman–Crippen LogP) is 3.21. The molecule has 0 radical (unpaired) electrons. The molecular formula is C21H26N3O2S2+. The van der Waals surface area contributed by atoms with Crippen LogP contribution in [0.3, 0.4) is 0 Å². The summed E-state index contributed by atoms with van der Waals surface area (Å²) in [5.41, 5.74) is 1.57. The quantitative estimate of drug-likeness (QED) is 0.573. The van der Waals surface area contributed by atoms with Crippen LogP contribution >= 0.6 is 23.1 Å². The Bertz CT molecular complexity index is 938. The number of hydrogen-bond acceptors (Lipinski definition) is 5. The van der Waals surface area contributed by atoms with E-state index in [2.05, 4.69) is 14.1 Å². The number of aromatic nitrogens is 1. The van der Waals surface area contributed by atoms with E-state index in [1.54, 1.807) is 18.9 Å². The first kappa shape index (κ1) is 20.6. The van der Waals surface area contributed by atoms with E-state index >= 15 is 0 Å². The molecule has 0 atom stereocenters. The summed E-state index contributed by atoms with van der Waals surface area (Å²) in [6.07, 6.45) is 2.94. The third-order valence-corrected chi connectivity index (χ3v) is 6.24. The van der Waals surface area contributed by atoms with Crippen LogP contribution in [0.2, 0.25) is 0 Å². The molecule has 1 amide bonds. The zero-order valence-electron chi connectivity index (χ0n) is 16.7. The lowest BCUT2D eigenvalue weighted by Gasteiger charge is -2.20. The molecule has 0 spiro atoms. The minimum Gasteiger partial charge on any atom is -0.497 e. The lowest BCUT2D eigenvalue weighted by atomic mass is 10.2. The van der Waals surface area contributed by atoms with Gasteiger partial charge in [-0.15, -0.1) is 11.8 Å². The van der Waals surface area contributed by atoms with Crippen LogP contribution in [-0.2, 0) is 0 Å². The fourth-order valence-electron chi connectivity index (χ4n) is 2.90. The Hall–Kier alpha value is -2.09. The Morgan fingerprint density at radius 3 is 2.61 bits per heavy atom. The van der Waals surface area contributed by atoms with Crippen LogP contribution < -0.4 is 14.5 Å². The van der Waals surface area contributed by atoms with E-state index in [1.165, 1.54) is 16.2 Å². The molecule has 3 rings (SSSR count). The highest BCUT2D eigenvalue weighted by Crippen LogP contribution is 2.32. The molecule has 28 heavy (non-hydrogen) atoms. The third-order valence-electron chi connectivity index (χ3n) is 4.46. The molecule has 2 aromatic carbocycles. The first-order valence-electron chi connectivity index (χ1n) is 9.21. The largest absolute Gasteiger partial charge is 0.497 e. The maximum Gasteiger partial charge on any atom is 0.260 e. The molecule has 0 unspecified atom stereocenters. The maximum absolute atomic E-state index is 13.3. The van der Waals surface area contributed by atoms with E-state index in [-0.39, 0.29) is 5.91 Å². The molecule has 7 heteroatoms. The van der Waals surface area contributed by atoms with Gasteiger partial charge in [0, 0.05) is 23.4 Å². The molecule has 0 saturated heterocycles. The Balaban J connectivity index is 1.92. The number of carbonyl (C=O) groups is 1. The fraction of sp³-hybridized carbons (Fsp3) is 0.333. The number of quaternary nitrogens is 1. The van der Waals surface area contributed by atoms with Crippen molar-refractivity contribution in [3.63, 3.8) is 0 Å². The van der Waals surface area contributed by atoms with E-state index < -0.39 is 0 Å². The molecule has 1 N–H and O–H groups in total. The summed E-state index contributed by atoms with van der Waals surface area (Å²) in [4.78, 5) is 22.3. The second-order valence-electron chi connectivity index (χ2n) is 6.83. The molecule has 0 aliphatic carbocycles. The maximum atomic E-state index is 13.3. The normalized spacial score (nSPS) is 11.2. The lowest BCUT2D eigenvalue weighted by Crippen LogP contribution is -3.05. The number of nitrogens with one attached hydrogen (secondary N) is 1. The van der Waals surface area contributed by atoms with E-state index in [0.717, 1.165) is 39.0 Å². The van der Waals surface area contributed by atoms with E-state index in [0.29, 0.717) is 12.1 Å². The number of amides is 1. The van der Waals surface area contributed by atoms with Gasteiger partial charge in [-0.25, -0.2) is 4.98 Å². The SMILES string of the molecule is COc1ccc2nc(N(CCC[NH+](C)C)C(=O)c3ccc(SC)cc3)sc2c1. The zero-order chi connectivity index (χ0) is 20.1. The number of thioether (sulfide) groups is 1. The van der Waals surface area contributed by atoms with Crippen molar-refractivity contribution in [1.29, 1.82) is 0 Å². The van der Waals surface area contributed by atoms with E-state index in [9.17, 15) is 4.79 Å². The average molecular weight is 417 g/mol. The second-order valence-corrected chi connectivity index (χ2v) is 8.71. The summed E-state index contributed by atoms with van der Waals surface area (Å²) < 4.78 is 6.33. The molecule has 0 fully saturated rings. The van der Waals surface area contributed by atoms with Crippen molar-refractivity contribution in [3.8, 4) is 5.75 Å². The number of thiazole rings is 1. The van der Waals surface area contributed by atoms with Gasteiger partial charge in [0.05, 0.1) is 38.0 Å². The first-order chi connectivity index (χ1) is 13.5. The lowest BCUT2D eigenvalue weighted by molar-refractivity contribution is -0.858. The number of anilines is 1. The van der Waals surface area contributed by atoms with Gasteiger partial charge in [0.2, 0.25) is 0 Å². The van der Waals surface area contributed by atoms with Crippen molar-refractivity contribution in [2.45, 2.75) is 11.3 Å². The fourth-order valence-corrected chi connectivity index (χ4v) is 4.33. The molecule has 1 aromatic heterocycles. The molecule has 5 nitrogen and oxygen atoms in total. The Morgan fingerprint density at radius 1 is 1.21 bits per heavy atom. The summed E-state index contributed by atoms with van der Waals surface area (Å²) in [6.45, 7) is 1.64. The summed E-state index contributed by atoms with van der Waals surface area (Å²) >= 11 is 3.20. The molecule has 0 aliphatic heterocycles. The summed E-state index contributed by atoms with van der Waals surface area (Å²) in [5, 5.41) is 0.732. The molecule has 0 aliphatic rings. The standard InChI is InChI=1S/C21H25N3O2S2/c1-23(2)12-5-13-24(20(25)15-6-9-17(27-4)10-7-15)21-22-18-11-8-16(26-3)14-19(18)28-21/h6-11,14H,5,12-13H2,1-4H3/p+1. The van der Waals surface area contributed by atoms with Crippen molar-refractivity contribution in [2.75, 3.05) is 45.5 Å². The number of benzene rings is 2. The zero-order valence-corrected chi connectivity index (χ0v) is 18.3. The number of nitrogens with zero attached hydrogens (tertiary/aromatic N) is 2. The van der Waals surface area contributed by atoms with Gasteiger partial charge < -0.3 is 9.64 Å². The number of fused-ring (bicyclic) bond motifs is 1. The van der Waals surface area contributed by atoms with E-state index in [4.69, 9.17) is 9.72 Å². The van der Waals surface area contributed by atoms with Crippen LogP contribution in [-0.4, -0.2) is 51.4 Å². The van der Waals surface area contributed by atoms with Crippen molar-refractivity contribution < 1.29 is 14.4 Å². The first-order valence-corrected chi connectivity index (χ1v) is 11.3. The average Bonchev–Trinajstić information content (AvgIpc) is 3.13. The van der Waals surface area contributed by atoms with Crippen molar-refractivity contribution in [2.24, 2.45) is 0 Å². The van der Waals surface area contributed by atoms with E-state index in [1.807, 2.05) is 53.6 Å². The highest BCUT2D eigenvalue weighted by Gasteiger charge is 2.21. The number of hydrogen-bond donors (Lipinski definition) is 1. The molecule has 0 bridgehead atoms. The van der Waals surface area contributed by atoms with Crippen molar-refractivity contribution in [3.05, 3.63) is 48.0 Å². The summed E-state index contributed by atoms with van der Waals surface area (Å²) in [5.74, 6) is 0.789. The molecule has 0 saturated carbocycles. The summed E-state index contributed by atoms with van der Waals surface area (Å²) in [7, 11) is 5.90. The topological polar surface area (TPSA) is 46.9 Å². The van der Waals surface area contributed by atoms with Gasteiger partial charge >= 0.3 is 0 Å². The number of ether oxygens (including phenoxy) is 1. The molecule has 3 aromatic rings. The van der Waals surface area contributed by atoms with Gasteiger partial charge in [-0.2, -0.15) is 0 Å². The highest BCUT2D eigenvalue weighted by atomic mass is 32.2. The number of carbonyl (C=O) groups excluding carboxylic acids is 1. The minimum absolute atomic E-state index is 0.00701. The van der Waals surface area contributed by atoms with Crippen LogP contribution in [0.4, 0.5) is 5.13 Å². The van der Waals surface area contributed by atoms with Gasteiger partial charge in [0.25, 0.3) is 5.91 Å². The van der Waals surface area contributed by atoms with Crippen LogP contribution in [0.5, 0.6) is 5.75 Å².